The first-order chi connectivity index (χ1) is 7.91. The number of carbonyl (C=O) groups excluding carboxylic acids is 1. The number of aliphatic hydroxyl groups excluding tert-OH is 1. The van der Waals surface area contributed by atoms with Crippen LogP contribution in [0, 0.1) is 17.0 Å². The maximum atomic E-state index is 10.6. The van der Waals surface area contributed by atoms with Crippen LogP contribution in [0.5, 0.6) is 0 Å². The number of nitro groups is 1. The Morgan fingerprint density at radius 3 is 2.71 bits per heavy atom. The van der Waals surface area contributed by atoms with Gasteiger partial charge in [-0.2, -0.15) is 0 Å². The molecule has 0 bridgehead atoms. The van der Waals surface area contributed by atoms with Crippen LogP contribution in [0.25, 0.3) is 0 Å². The van der Waals surface area contributed by atoms with Crippen molar-refractivity contribution in [1.82, 2.24) is 0 Å². The fourth-order valence-electron chi connectivity index (χ4n) is 1.42. The molecule has 3 N–H and O–H groups in total. The van der Waals surface area contributed by atoms with E-state index < -0.39 is 16.9 Å². The average Bonchev–Trinajstić information content (AvgIpc) is 2.25. The van der Waals surface area contributed by atoms with Crippen molar-refractivity contribution in [1.29, 1.82) is 0 Å². The third-order valence-electron chi connectivity index (χ3n) is 2.38. The molecule has 1 rings (SSSR count). The van der Waals surface area contributed by atoms with Crippen molar-refractivity contribution in [2.24, 2.45) is 5.73 Å². The number of nitrogens with two attached hydrogens (primary N) is 1. The number of benzene rings is 1. The summed E-state index contributed by atoms with van der Waals surface area (Å²) in [6.07, 6.45) is -0.601. The molecule has 1 amide bonds. The first-order valence-electron chi connectivity index (χ1n) is 4.98. The Labute approximate surface area is 98.2 Å². The van der Waals surface area contributed by atoms with Crippen LogP contribution >= 0.6 is 0 Å². The largest absolute Gasteiger partial charge is 0.383 e. The van der Waals surface area contributed by atoms with E-state index in [4.69, 9.17) is 5.73 Å². The van der Waals surface area contributed by atoms with E-state index in [1.807, 2.05) is 0 Å². The van der Waals surface area contributed by atoms with E-state index in [0.717, 1.165) is 5.56 Å². The fraction of sp³-hybridized carbons (Fsp3) is 0.273. The Kier molecular flexibility index (Phi) is 4.17. The molecule has 0 fully saturated rings. The van der Waals surface area contributed by atoms with Gasteiger partial charge in [0.05, 0.1) is 4.92 Å². The molecular weight excluding hydrogens is 224 g/mol. The molecule has 0 saturated carbocycles. The molecule has 91 valence electrons. The van der Waals surface area contributed by atoms with Crippen molar-refractivity contribution in [2.45, 2.75) is 18.9 Å². The van der Waals surface area contributed by atoms with Crippen LogP contribution in [0.1, 0.15) is 17.5 Å². The first-order valence-corrected chi connectivity index (χ1v) is 4.98. The van der Waals surface area contributed by atoms with Crippen molar-refractivity contribution in [3.63, 3.8) is 0 Å². The summed E-state index contributed by atoms with van der Waals surface area (Å²) in [5, 5.41) is 19.8. The Morgan fingerprint density at radius 2 is 2.24 bits per heavy atom. The van der Waals surface area contributed by atoms with Gasteiger partial charge in [0.1, 0.15) is 6.10 Å². The van der Waals surface area contributed by atoms with Gasteiger partial charge in [0.15, 0.2) is 0 Å². The summed E-state index contributed by atoms with van der Waals surface area (Å²) in [6.45, 7) is 3.57. The average molecular weight is 237 g/mol. The van der Waals surface area contributed by atoms with Crippen LogP contribution in [-0.2, 0) is 11.2 Å². The van der Waals surface area contributed by atoms with Crippen molar-refractivity contribution >= 4 is 11.6 Å². The number of nitrogens with zero attached hydrogens (tertiary/aromatic N) is 1. The van der Waals surface area contributed by atoms with Crippen LogP contribution in [0.3, 0.4) is 0 Å². The highest BCUT2D eigenvalue weighted by molar-refractivity contribution is 5.78. The maximum absolute atomic E-state index is 10.6. The fourth-order valence-corrected chi connectivity index (χ4v) is 1.42. The number of rotatable bonds is 5. The summed E-state index contributed by atoms with van der Waals surface area (Å²) in [5.74, 6) is -0.776. The summed E-state index contributed by atoms with van der Waals surface area (Å²) in [6, 6.07) is 4.49. The topological polar surface area (TPSA) is 106 Å². The number of aliphatic hydroxyl groups is 1. The van der Waals surface area contributed by atoms with Gasteiger partial charge in [0.2, 0.25) is 5.91 Å². The second kappa shape index (κ2) is 5.40. The summed E-state index contributed by atoms with van der Waals surface area (Å²) in [7, 11) is 0. The lowest BCUT2D eigenvalue weighted by molar-refractivity contribution is -0.385. The summed E-state index contributed by atoms with van der Waals surface area (Å²) < 4.78 is 0. The van der Waals surface area contributed by atoms with Gasteiger partial charge in [0.25, 0.3) is 5.69 Å². The normalized spacial score (nSPS) is 12.1. The van der Waals surface area contributed by atoms with Gasteiger partial charge < -0.3 is 10.8 Å². The van der Waals surface area contributed by atoms with Crippen LogP contribution in [0.2, 0.25) is 0 Å². The molecule has 0 aliphatic carbocycles. The SMILES string of the molecule is [CH2]c1cc(CCC(O)C(N)=O)ccc1[N+](=O)[O-]. The van der Waals surface area contributed by atoms with E-state index in [2.05, 4.69) is 6.92 Å². The van der Waals surface area contributed by atoms with E-state index in [-0.39, 0.29) is 12.1 Å². The predicted molar refractivity (Wildman–Crippen MR) is 61.1 cm³/mol. The zero-order valence-corrected chi connectivity index (χ0v) is 9.13. The number of hydrogen-bond donors (Lipinski definition) is 2. The second-order valence-electron chi connectivity index (χ2n) is 3.68. The quantitative estimate of drug-likeness (QED) is 0.576. The minimum absolute atomic E-state index is 0.0517. The molecular formula is C11H13N2O4. The van der Waals surface area contributed by atoms with Gasteiger partial charge in [-0.15, -0.1) is 0 Å². The number of nitro benzene ring substituents is 1. The van der Waals surface area contributed by atoms with Crippen molar-refractivity contribution in [3.05, 3.63) is 46.4 Å². The Balaban J connectivity index is 2.71. The molecule has 0 aliphatic heterocycles. The molecule has 6 nitrogen and oxygen atoms in total. The monoisotopic (exact) mass is 237 g/mol. The zero-order chi connectivity index (χ0) is 13.0. The van der Waals surface area contributed by atoms with Crippen LogP contribution < -0.4 is 5.73 Å². The van der Waals surface area contributed by atoms with E-state index in [1.165, 1.54) is 6.07 Å². The van der Waals surface area contributed by atoms with Crippen LogP contribution in [0.4, 0.5) is 5.69 Å². The molecule has 1 radical (unpaired) electrons. The predicted octanol–water partition coefficient (Wildman–Crippen LogP) is 0.556. The summed E-state index contributed by atoms with van der Waals surface area (Å²) >= 11 is 0. The molecule has 6 heteroatoms. The Bertz CT molecular complexity index is 445. The standard InChI is InChI=1S/C11H13N2O4/c1-7-6-8(2-4-9(7)13(16)17)3-5-10(14)11(12)15/h2,4,6,10,14H,1,3,5H2,(H2,12,15). The highest BCUT2D eigenvalue weighted by atomic mass is 16.6. The van der Waals surface area contributed by atoms with Gasteiger partial charge in [-0.05, 0) is 31.4 Å². The summed E-state index contributed by atoms with van der Waals surface area (Å²) in [4.78, 5) is 20.6. The third-order valence-corrected chi connectivity index (χ3v) is 2.38. The highest BCUT2D eigenvalue weighted by Gasteiger charge is 2.13. The van der Waals surface area contributed by atoms with Crippen LogP contribution in [-0.4, -0.2) is 22.0 Å². The zero-order valence-electron chi connectivity index (χ0n) is 9.13. The van der Waals surface area contributed by atoms with Crippen LogP contribution in [0.15, 0.2) is 18.2 Å². The second-order valence-corrected chi connectivity index (χ2v) is 3.68. The Hall–Kier alpha value is -1.95. The van der Waals surface area contributed by atoms with Gasteiger partial charge >= 0.3 is 0 Å². The maximum Gasteiger partial charge on any atom is 0.272 e. The molecule has 0 aromatic heterocycles. The molecule has 1 aromatic rings. The number of carbonyl (C=O) groups is 1. The van der Waals surface area contributed by atoms with Gasteiger partial charge in [-0.3, -0.25) is 14.9 Å². The number of aryl methyl sites for hydroxylation is 1. The molecule has 0 heterocycles. The van der Waals surface area contributed by atoms with E-state index in [0.29, 0.717) is 12.0 Å². The Morgan fingerprint density at radius 1 is 1.59 bits per heavy atom. The van der Waals surface area contributed by atoms with Gasteiger partial charge in [-0.25, -0.2) is 0 Å². The minimum atomic E-state index is -1.20. The lowest BCUT2D eigenvalue weighted by atomic mass is 10.0. The first kappa shape index (κ1) is 13.1. The van der Waals surface area contributed by atoms with E-state index in [9.17, 15) is 20.0 Å². The molecule has 0 saturated heterocycles. The molecule has 1 atom stereocenters. The van der Waals surface area contributed by atoms with E-state index >= 15 is 0 Å². The number of primary amides is 1. The molecule has 17 heavy (non-hydrogen) atoms. The van der Waals surface area contributed by atoms with E-state index in [1.54, 1.807) is 12.1 Å². The van der Waals surface area contributed by atoms with Gasteiger partial charge in [-0.1, -0.05) is 6.07 Å². The smallest absolute Gasteiger partial charge is 0.272 e. The van der Waals surface area contributed by atoms with Crippen molar-refractivity contribution in [3.8, 4) is 0 Å². The van der Waals surface area contributed by atoms with Crippen molar-refractivity contribution in [2.75, 3.05) is 0 Å². The molecule has 0 aliphatic rings. The highest BCUT2D eigenvalue weighted by Crippen LogP contribution is 2.19. The van der Waals surface area contributed by atoms with Gasteiger partial charge in [0, 0.05) is 11.6 Å². The molecule has 0 spiro atoms. The molecule has 1 unspecified atom stereocenters. The lowest BCUT2D eigenvalue weighted by Gasteiger charge is -2.06. The third kappa shape index (κ3) is 3.53. The lowest BCUT2D eigenvalue weighted by Crippen LogP contribution is -2.28. The summed E-state index contributed by atoms with van der Waals surface area (Å²) in [5.41, 5.74) is 5.92. The number of amides is 1. The minimum Gasteiger partial charge on any atom is -0.383 e. The number of hydrogen-bond acceptors (Lipinski definition) is 4. The molecule has 1 aromatic carbocycles. The van der Waals surface area contributed by atoms with Crippen molar-refractivity contribution < 1.29 is 14.8 Å².